The zero-order valence-corrected chi connectivity index (χ0v) is 12.4. The topological polar surface area (TPSA) is 45.9 Å². The van der Waals surface area contributed by atoms with Gasteiger partial charge in [-0.15, -0.1) is 0 Å². The molecule has 20 heavy (non-hydrogen) atoms. The maximum Gasteiger partial charge on any atom is 0.214 e. The molecule has 4 heteroatoms. The van der Waals surface area contributed by atoms with E-state index < -0.39 is 0 Å². The van der Waals surface area contributed by atoms with Gasteiger partial charge in [0.15, 0.2) is 0 Å². The molecule has 3 nitrogen and oxygen atoms in total. The molecular weight excluding hydrogens is 272 g/mol. The van der Waals surface area contributed by atoms with Crippen molar-refractivity contribution in [3.8, 4) is 11.9 Å². The zero-order chi connectivity index (χ0) is 14.8. The van der Waals surface area contributed by atoms with Crippen LogP contribution in [0.5, 0.6) is 5.88 Å². The summed E-state index contributed by atoms with van der Waals surface area (Å²) in [5.41, 5.74) is 2.33. The Morgan fingerprint density at radius 1 is 1.25 bits per heavy atom. The van der Waals surface area contributed by atoms with E-state index in [2.05, 4.69) is 31.0 Å². The maximum atomic E-state index is 9.09. The van der Waals surface area contributed by atoms with E-state index in [1.807, 2.05) is 18.2 Å². The fourth-order valence-corrected chi connectivity index (χ4v) is 2.31. The molecule has 0 aromatic carbocycles. The summed E-state index contributed by atoms with van der Waals surface area (Å²) in [5, 5.41) is 9.47. The second-order valence-electron chi connectivity index (χ2n) is 5.19. The van der Waals surface area contributed by atoms with Crippen LogP contribution >= 0.6 is 11.6 Å². The van der Waals surface area contributed by atoms with Gasteiger partial charge >= 0.3 is 0 Å². The van der Waals surface area contributed by atoms with Crippen LogP contribution in [0.4, 0.5) is 0 Å². The number of nitrogens with zero attached hydrogens (tertiary/aromatic N) is 2. The number of rotatable bonds is 2. The molecule has 0 radical (unpaired) electrons. The van der Waals surface area contributed by atoms with E-state index in [4.69, 9.17) is 21.6 Å². The first kappa shape index (κ1) is 14.4. The molecule has 0 N–H and O–H groups in total. The SMILES string of the molecule is COc1cc(C2=CC(C)(C)C=C(C#N)C=C2)cc(Cl)n1. The Kier molecular flexibility index (Phi) is 3.96. The van der Waals surface area contributed by atoms with Crippen LogP contribution in [-0.4, -0.2) is 12.1 Å². The Morgan fingerprint density at radius 3 is 2.65 bits per heavy atom. The van der Waals surface area contributed by atoms with Crippen molar-refractivity contribution in [2.45, 2.75) is 13.8 Å². The van der Waals surface area contributed by atoms with Crippen LogP contribution in [0.15, 0.2) is 42.0 Å². The van der Waals surface area contributed by atoms with Gasteiger partial charge in [0.1, 0.15) is 5.15 Å². The molecule has 102 valence electrons. The molecule has 0 amide bonds. The smallest absolute Gasteiger partial charge is 0.214 e. The molecule has 0 fully saturated rings. The van der Waals surface area contributed by atoms with Crippen molar-refractivity contribution in [2.75, 3.05) is 7.11 Å². The highest BCUT2D eigenvalue weighted by molar-refractivity contribution is 6.29. The molecule has 0 saturated carbocycles. The average molecular weight is 287 g/mol. The Hall–Kier alpha value is -2.05. The fraction of sp³-hybridized carbons (Fsp3) is 0.250. The Balaban J connectivity index is 2.51. The monoisotopic (exact) mass is 286 g/mol. The van der Waals surface area contributed by atoms with Crippen LogP contribution in [0.2, 0.25) is 5.15 Å². The number of halogens is 1. The summed E-state index contributed by atoms with van der Waals surface area (Å²) in [6.07, 6.45) is 7.76. The van der Waals surface area contributed by atoms with Crippen molar-refractivity contribution >= 4 is 17.2 Å². The van der Waals surface area contributed by atoms with Crippen molar-refractivity contribution in [3.63, 3.8) is 0 Å². The third kappa shape index (κ3) is 3.28. The quantitative estimate of drug-likeness (QED) is 0.766. The fourth-order valence-electron chi connectivity index (χ4n) is 2.11. The third-order valence-electron chi connectivity index (χ3n) is 2.94. The minimum atomic E-state index is -0.215. The minimum Gasteiger partial charge on any atom is -0.481 e. The predicted molar refractivity (Wildman–Crippen MR) is 80.4 cm³/mol. The van der Waals surface area contributed by atoms with E-state index >= 15 is 0 Å². The molecule has 0 spiro atoms. The molecule has 2 rings (SSSR count). The van der Waals surface area contributed by atoms with Crippen LogP contribution < -0.4 is 4.74 Å². The summed E-state index contributed by atoms with van der Waals surface area (Å²) < 4.78 is 5.14. The third-order valence-corrected chi connectivity index (χ3v) is 3.13. The van der Waals surface area contributed by atoms with Gasteiger partial charge in [0.05, 0.1) is 13.2 Å². The Labute approximate surface area is 123 Å². The summed E-state index contributed by atoms with van der Waals surface area (Å²) >= 11 is 6.01. The number of aromatic nitrogens is 1. The van der Waals surface area contributed by atoms with Gasteiger partial charge in [0.2, 0.25) is 5.88 Å². The molecule has 1 aliphatic carbocycles. The first-order valence-electron chi connectivity index (χ1n) is 6.19. The molecule has 1 aromatic rings. The number of ether oxygens (including phenoxy) is 1. The molecular formula is C16H15ClN2O. The van der Waals surface area contributed by atoms with Gasteiger partial charge in [0.25, 0.3) is 0 Å². The van der Waals surface area contributed by atoms with Crippen molar-refractivity contribution in [1.29, 1.82) is 5.26 Å². The van der Waals surface area contributed by atoms with Crippen molar-refractivity contribution in [2.24, 2.45) is 5.41 Å². The molecule has 1 aliphatic rings. The van der Waals surface area contributed by atoms with Crippen LogP contribution in [0.3, 0.4) is 0 Å². The van der Waals surface area contributed by atoms with Gasteiger partial charge in [0, 0.05) is 17.1 Å². The van der Waals surface area contributed by atoms with Crippen LogP contribution in [0.25, 0.3) is 5.57 Å². The van der Waals surface area contributed by atoms with Gasteiger partial charge in [-0.3, -0.25) is 0 Å². The number of nitriles is 1. The van der Waals surface area contributed by atoms with E-state index in [0.29, 0.717) is 16.6 Å². The van der Waals surface area contributed by atoms with Gasteiger partial charge in [-0.2, -0.15) is 5.26 Å². The average Bonchev–Trinajstić information content (AvgIpc) is 2.56. The largest absolute Gasteiger partial charge is 0.481 e. The van der Waals surface area contributed by atoms with E-state index in [1.54, 1.807) is 19.3 Å². The lowest BCUT2D eigenvalue weighted by molar-refractivity contribution is 0.398. The number of methoxy groups -OCH3 is 1. The molecule has 0 atom stereocenters. The zero-order valence-electron chi connectivity index (χ0n) is 11.6. The highest BCUT2D eigenvalue weighted by Crippen LogP contribution is 2.32. The van der Waals surface area contributed by atoms with E-state index in [1.165, 1.54) is 0 Å². The van der Waals surface area contributed by atoms with Gasteiger partial charge in [-0.25, -0.2) is 4.98 Å². The number of hydrogen-bond acceptors (Lipinski definition) is 3. The number of hydrogen-bond donors (Lipinski definition) is 0. The predicted octanol–water partition coefficient (Wildman–Crippen LogP) is 4.17. The summed E-state index contributed by atoms with van der Waals surface area (Å²) in [5.74, 6) is 0.470. The summed E-state index contributed by atoms with van der Waals surface area (Å²) in [6.45, 7) is 4.11. The van der Waals surface area contributed by atoms with E-state index in [9.17, 15) is 0 Å². The van der Waals surface area contributed by atoms with Crippen molar-refractivity contribution in [1.82, 2.24) is 4.98 Å². The molecule has 0 unspecified atom stereocenters. The maximum absolute atomic E-state index is 9.09. The van der Waals surface area contributed by atoms with E-state index in [-0.39, 0.29) is 5.41 Å². The first-order valence-corrected chi connectivity index (χ1v) is 6.57. The summed E-state index contributed by atoms with van der Waals surface area (Å²) in [6, 6.07) is 5.80. The molecule has 1 aromatic heterocycles. The summed E-state index contributed by atoms with van der Waals surface area (Å²) in [7, 11) is 1.55. The lowest BCUT2D eigenvalue weighted by Gasteiger charge is -2.16. The first-order chi connectivity index (χ1) is 9.43. The number of allylic oxidation sites excluding steroid dienone is 6. The van der Waals surface area contributed by atoms with Crippen LogP contribution in [0, 0.1) is 16.7 Å². The Morgan fingerprint density at radius 2 is 2.00 bits per heavy atom. The lowest BCUT2D eigenvalue weighted by atomic mass is 9.89. The lowest BCUT2D eigenvalue weighted by Crippen LogP contribution is -2.03. The highest BCUT2D eigenvalue weighted by atomic mass is 35.5. The standard InChI is InChI=1S/C16H15ClN2O/c1-16(2)8-11(10-18)4-5-12(9-16)13-6-14(17)19-15(7-13)20-3/h4-9H,1-3H3. The Bertz CT molecular complexity index is 664. The second-order valence-corrected chi connectivity index (χ2v) is 5.57. The second kappa shape index (κ2) is 5.52. The van der Waals surface area contributed by atoms with Crippen molar-refractivity contribution in [3.05, 3.63) is 52.7 Å². The van der Waals surface area contributed by atoms with Gasteiger partial charge in [-0.1, -0.05) is 43.7 Å². The highest BCUT2D eigenvalue weighted by Gasteiger charge is 2.17. The number of pyridine rings is 1. The normalized spacial score (nSPS) is 16.8. The van der Waals surface area contributed by atoms with Crippen LogP contribution in [0.1, 0.15) is 19.4 Å². The van der Waals surface area contributed by atoms with Gasteiger partial charge < -0.3 is 4.74 Å². The summed E-state index contributed by atoms with van der Waals surface area (Å²) in [4.78, 5) is 4.06. The van der Waals surface area contributed by atoms with Crippen molar-refractivity contribution < 1.29 is 4.74 Å². The molecule has 1 heterocycles. The van der Waals surface area contributed by atoms with Crippen LogP contribution in [-0.2, 0) is 0 Å². The minimum absolute atomic E-state index is 0.215. The van der Waals surface area contributed by atoms with Gasteiger partial charge in [-0.05, 0) is 23.3 Å². The molecule has 0 bridgehead atoms. The molecule has 0 aliphatic heterocycles. The molecule has 0 saturated heterocycles. The van der Waals surface area contributed by atoms with E-state index in [0.717, 1.165) is 11.1 Å².